The highest BCUT2D eigenvalue weighted by Gasteiger charge is 2.12. The zero-order valence-electron chi connectivity index (χ0n) is 10.7. The van der Waals surface area contributed by atoms with E-state index in [9.17, 15) is 0 Å². The smallest absolute Gasteiger partial charge is 0.225 e. The molecule has 100 valence electrons. The minimum atomic E-state index is 0.480. The topological polar surface area (TPSA) is 56.3 Å². The van der Waals surface area contributed by atoms with E-state index in [2.05, 4.69) is 15.3 Å². The molecule has 0 fully saturated rings. The van der Waals surface area contributed by atoms with E-state index in [1.165, 1.54) is 6.33 Å². The molecule has 0 aliphatic heterocycles. The molecule has 1 aromatic carbocycles. The van der Waals surface area contributed by atoms with Gasteiger partial charge in [0.25, 0.3) is 0 Å². The lowest BCUT2D eigenvalue weighted by Gasteiger charge is -2.12. The van der Waals surface area contributed by atoms with Crippen molar-refractivity contribution >= 4 is 17.3 Å². The first-order chi connectivity index (χ1) is 9.24. The van der Waals surface area contributed by atoms with Crippen molar-refractivity contribution in [1.29, 1.82) is 0 Å². The van der Waals surface area contributed by atoms with Gasteiger partial charge in [-0.15, -0.1) is 0 Å². The molecule has 1 N–H and O–H groups in total. The zero-order valence-corrected chi connectivity index (χ0v) is 11.4. The molecule has 0 atom stereocenters. The summed E-state index contributed by atoms with van der Waals surface area (Å²) in [5, 5.41) is 3.90. The third kappa shape index (κ3) is 3.26. The van der Waals surface area contributed by atoms with Gasteiger partial charge in [0.2, 0.25) is 11.8 Å². The van der Waals surface area contributed by atoms with Crippen molar-refractivity contribution in [2.75, 3.05) is 19.5 Å². The predicted octanol–water partition coefficient (Wildman–Crippen LogP) is 2.76. The van der Waals surface area contributed by atoms with Crippen LogP contribution in [0.4, 0.5) is 5.69 Å². The van der Waals surface area contributed by atoms with E-state index in [1.54, 1.807) is 14.2 Å². The first-order valence-corrected chi connectivity index (χ1v) is 6.03. The molecule has 0 aliphatic carbocycles. The summed E-state index contributed by atoms with van der Waals surface area (Å²) in [4.78, 5) is 8.11. The Kier molecular flexibility index (Phi) is 4.41. The van der Waals surface area contributed by atoms with Crippen LogP contribution in [0.15, 0.2) is 30.6 Å². The van der Waals surface area contributed by atoms with Gasteiger partial charge in [-0.25, -0.2) is 9.97 Å². The summed E-state index contributed by atoms with van der Waals surface area (Å²) in [6.07, 6.45) is 1.40. The van der Waals surface area contributed by atoms with Crippen LogP contribution in [0.2, 0.25) is 5.02 Å². The van der Waals surface area contributed by atoms with Crippen LogP contribution < -0.4 is 14.8 Å². The van der Waals surface area contributed by atoms with E-state index in [0.717, 1.165) is 11.3 Å². The maximum Gasteiger partial charge on any atom is 0.225 e. The number of hydrogen-bond donors (Lipinski definition) is 1. The van der Waals surface area contributed by atoms with Crippen LogP contribution in [0.25, 0.3) is 0 Å². The SMILES string of the molecule is COc1ncnc(OC)c1CNc1cccc(Cl)c1. The van der Waals surface area contributed by atoms with Crippen LogP contribution in [0.1, 0.15) is 5.56 Å². The van der Waals surface area contributed by atoms with Gasteiger partial charge in [0.05, 0.1) is 26.3 Å². The molecule has 0 saturated carbocycles. The van der Waals surface area contributed by atoms with Gasteiger partial charge in [0.15, 0.2) is 0 Å². The molecule has 0 bridgehead atoms. The van der Waals surface area contributed by atoms with Crippen LogP contribution in [0.3, 0.4) is 0 Å². The number of aromatic nitrogens is 2. The maximum absolute atomic E-state index is 5.93. The summed E-state index contributed by atoms with van der Waals surface area (Å²) >= 11 is 5.93. The number of halogens is 1. The molecule has 2 aromatic rings. The first-order valence-electron chi connectivity index (χ1n) is 5.66. The predicted molar refractivity (Wildman–Crippen MR) is 73.9 cm³/mol. The highest BCUT2D eigenvalue weighted by Crippen LogP contribution is 2.25. The molecule has 1 aromatic heterocycles. The van der Waals surface area contributed by atoms with Crippen LogP contribution in [0, 0.1) is 0 Å². The Morgan fingerprint density at radius 2 is 1.84 bits per heavy atom. The van der Waals surface area contributed by atoms with Crippen molar-refractivity contribution in [3.63, 3.8) is 0 Å². The summed E-state index contributed by atoms with van der Waals surface area (Å²) in [6, 6.07) is 7.46. The lowest BCUT2D eigenvalue weighted by molar-refractivity contribution is 0.363. The molecule has 6 heteroatoms. The average Bonchev–Trinajstić information content (AvgIpc) is 2.44. The Balaban J connectivity index is 2.19. The Labute approximate surface area is 116 Å². The van der Waals surface area contributed by atoms with E-state index in [4.69, 9.17) is 21.1 Å². The number of nitrogens with zero attached hydrogens (tertiary/aromatic N) is 2. The van der Waals surface area contributed by atoms with Gasteiger partial charge in [0.1, 0.15) is 6.33 Å². The Morgan fingerprint density at radius 3 is 2.42 bits per heavy atom. The molecule has 0 unspecified atom stereocenters. The summed E-state index contributed by atoms with van der Waals surface area (Å²) in [7, 11) is 3.12. The lowest BCUT2D eigenvalue weighted by atomic mass is 10.2. The maximum atomic E-state index is 5.93. The largest absolute Gasteiger partial charge is 0.481 e. The van der Waals surface area contributed by atoms with Gasteiger partial charge in [-0.3, -0.25) is 0 Å². The second kappa shape index (κ2) is 6.24. The second-order valence-electron chi connectivity index (χ2n) is 3.73. The fourth-order valence-corrected chi connectivity index (χ4v) is 1.86. The van der Waals surface area contributed by atoms with Crippen molar-refractivity contribution in [1.82, 2.24) is 9.97 Å². The number of benzene rings is 1. The summed E-state index contributed by atoms with van der Waals surface area (Å²) in [5.74, 6) is 0.975. The molecular formula is C13H14ClN3O2. The normalized spacial score (nSPS) is 10.1. The van der Waals surface area contributed by atoms with Gasteiger partial charge in [-0.1, -0.05) is 17.7 Å². The number of nitrogens with one attached hydrogen (secondary N) is 1. The van der Waals surface area contributed by atoms with E-state index < -0.39 is 0 Å². The minimum absolute atomic E-state index is 0.480. The summed E-state index contributed by atoms with van der Waals surface area (Å²) in [6.45, 7) is 0.480. The van der Waals surface area contributed by atoms with Gasteiger partial charge >= 0.3 is 0 Å². The van der Waals surface area contributed by atoms with E-state index in [-0.39, 0.29) is 0 Å². The molecule has 1 heterocycles. The van der Waals surface area contributed by atoms with Crippen molar-refractivity contribution in [2.24, 2.45) is 0 Å². The van der Waals surface area contributed by atoms with E-state index in [1.807, 2.05) is 24.3 Å². The van der Waals surface area contributed by atoms with Crippen LogP contribution in [-0.4, -0.2) is 24.2 Å². The number of anilines is 1. The number of rotatable bonds is 5. The van der Waals surface area contributed by atoms with E-state index >= 15 is 0 Å². The standard InChI is InChI=1S/C13H14ClN3O2/c1-18-12-11(13(19-2)17-8-16-12)7-15-10-5-3-4-9(14)6-10/h3-6,8,15H,7H2,1-2H3. The van der Waals surface area contributed by atoms with Gasteiger partial charge in [-0.05, 0) is 18.2 Å². The highest BCUT2D eigenvalue weighted by atomic mass is 35.5. The molecule has 0 radical (unpaired) electrons. The van der Waals surface area contributed by atoms with Gasteiger partial charge < -0.3 is 14.8 Å². The average molecular weight is 280 g/mol. The van der Waals surface area contributed by atoms with Crippen LogP contribution in [0.5, 0.6) is 11.8 Å². The first kappa shape index (κ1) is 13.4. The lowest BCUT2D eigenvalue weighted by Crippen LogP contribution is -2.06. The zero-order chi connectivity index (χ0) is 13.7. The molecule has 0 amide bonds. The Hall–Kier alpha value is -2.01. The van der Waals surface area contributed by atoms with Crippen molar-refractivity contribution in [3.05, 3.63) is 41.2 Å². The molecule has 0 saturated heterocycles. The summed E-state index contributed by atoms with van der Waals surface area (Å²) < 4.78 is 10.4. The van der Waals surface area contributed by atoms with Crippen LogP contribution in [-0.2, 0) is 6.54 Å². The number of hydrogen-bond acceptors (Lipinski definition) is 5. The van der Waals surface area contributed by atoms with E-state index in [0.29, 0.717) is 23.3 Å². The van der Waals surface area contributed by atoms with Gasteiger partial charge in [-0.2, -0.15) is 0 Å². The molecule has 2 rings (SSSR count). The molecule has 0 aliphatic rings. The monoisotopic (exact) mass is 279 g/mol. The fraction of sp³-hybridized carbons (Fsp3) is 0.231. The Bertz CT molecular complexity index is 541. The number of ether oxygens (including phenoxy) is 2. The summed E-state index contributed by atoms with van der Waals surface area (Å²) in [5.41, 5.74) is 1.66. The Morgan fingerprint density at radius 1 is 1.16 bits per heavy atom. The van der Waals surface area contributed by atoms with Crippen molar-refractivity contribution in [3.8, 4) is 11.8 Å². The van der Waals surface area contributed by atoms with Crippen molar-refractivity contribution < 1.29 is 9.47 Å². The third-order valence-electron chi connectivity index (χ3n) is 2.55. The third-order valence-corrected chi connectivity index (χ3v) is 2.78. The fourth-order valence-electron chi connectivity index (χ4n) is 1.67. The molecule has 5 nitrogen and oxygen atoms in total. The minimum Gasteiger partial charge on any atom is -0.481 e. The molecule has 0 spiro atoms. The van der Waals surface area contributed by atoms with Gasteiger partial charge in [0, 0.05) is 10.7 Å². The quantitative estimate of drug-likeness (QED) is 0.912. The second-order valence-corrected chi connectivity index (χ2v) is 4.17. The molecular weight excluding hydrogens is 266 g/mol. The molecule has 19 heavy (non-hydrogen) atoms. The van der Waals surface area contributed by atoms with Crippen molar-refractivity contribution in [2.45, 2.75) is 6.54 Å². The van der Waals surface area contributed by atoms with Crippen LogP contribution >= 0.6 is 11.6 Å². The number of methoxy groups -OCH3 is 2. The highest BCUT2D eigenvalue weighted by molar-refractivity contribution is 6.30.